The molecule has 2 heterocycles. The van der Waals surface area contributed by atoms with Gasteiger partial charge in [-0.25, -0.2) is 0 Å². The quantitative estimate of drug-likeness (QED) is 0.219. The van der Waals surface area contributed by atoms with E-state index in [2.05, 4.69) is 10.6 Å². The fourth-order valence-electron chi connectivity index (χ4n) is 5.64. The van der Waals surface area contributed by atoms with Gasteiger partial charge in [-0.3, -0.25) is 14.4 Å². The fraction of sp³-hybridized carbons (Fsp3) is 0.324. The molecule has 0 aliphatic carbocycles. The average molecular weight is 616 g/mol. The van der Waals surface area contributed by atoms with Crippen LogP contribution in [-0.2, 0) is 22.6 Å². The number of phenolic OH excluding ortho intramolecular Hbond substituents is 1. The summed E-state index contributed by atoms with van der Waals surface area (Å²) in [5.41, 5.74) is 3.10. The molecular weight excluding hydrogens is 578 g/mol. The van der Waals surface area contributed by atoms with Gasteiger partial charge in [0.1, 0.15) is 23.1 Å². The Bertz CT molecular complexity index is 1690. The molecule has 10 heteroatoms. The molecule has 3 aromatic carbocycles. The van der Waals surface area contributed by atoms with Crippen molar-refractivity contribution in [1.29, 1.82) is 0 Å². The molecule has 1 aliphatic heterocycles. The van der Waals surface area contributed by atoms with Gasteiger partial charge in [-0.05, 0) is 57.9 Å². The first-order chi connectivity index (χ1) is 21.0. The minimum Gasteiger partial charge on any atom is -0.508 e. The first-order valence-corrected chi connectivity index (χ1v) is 15.5. The highest BCUT2D eigenvalue weighted by Crippen LogP contribution is 2.40. The number of benzene rings is 3. The molecule has 1 aliphatic rings. The Morgan fingerprint density at radius 1 is 1.00 bits per heavy atom. The Balaban J connectivity index is 1.36. The van der Waals surface area contributed by atoms with E-state index in [0.29, 0.717) is 11.3 Å². The maximum atomic E-state index is 13.9. The summed E-state index contributed by atoms with van der Waals surface area (Å²) >= 11 is 1.44. The molecule has 3 amide bonds. The topological polar surface area (TPSA) is 132 Å². The third-order valence-electron chi connectivity index (χ3n) is 8.24. The summed E-state index contributed by atoms with van der Waals surface area (Å²) in [6.45, 7) is 7.49. The molecule has 1 unspecified atom stereocenters. The lowest BCUT2D eigenvalue weighted by Crippen LogP contribution is -2.58. The molecule has 1 aromatic heterocycles. The number of fused-ring (bicyclic) bond motifs is 1. The number of nitrogens with one attached hydrogen (secondary N) is 2. The maximum absolute atomic E-state index is 13.9. The molecule has 9 nitrogen and oxygen atoms in total. The maximum Gasteiger partial charge on any atom is 0.254 e. The van der Waals surface area contributed by atoms with Crippen LogP contribution < -0.4 is 10.6 Å². The number of thioether (sulfide) groups is 1. The molecule has 0 radical (unpaired) electrons. The van der Waals surface area contributed by atoms with Crippen LogP contribution >= 0.6 is 11.8 Å². The number of nitrogens with zero attached hydrogens (tertiary/aromatic N) is 1. The Hall–Kier alpha value is -4.28. The van der Waals surface area contributed by atoms with Gasteiger partial charge in [-0.2, -0.15) is 0 Å². The summed E-state index contributed by atoms with van der Waals surface area (Å²) < 4.78 is 5.32. The number of furan rings is 1. The van der Waals surface area contributed by atoms with Gasteiger partial charge in [0.2, 0.25) is 5.91 Å². The van der Waals surface area contributed by atoms with Gasteiger partial charge < -0.3 is 30.2 Å². The zero-order valence-electron chi connectivity index (χ0n) is 25.2. The predicted octanol–water partition coefficient (Wildman–Crippen LogP) is 4.45. The standard InChI is InChI=1S/C34H37N3O6S/c1-20-24(14-10-15-26(20)38)31(40)36-25(17-22-11-6-5-7-12-22)29(39)33(42)37-19-44-34(3,4)30(37)32(41)35-18-28-21(2)23-13-8-9-16-27(23)43-28/h5-16,25,29-30,38-39H,17-19H2,1-4H3,(H,35,41)(H,36,40)/t25?,29-,30+/m0/s1. The van der Waals surface area contributed by atoms with Crippen LogP contribution in [0.1, 0.15) is 46.7 Å². The Morgan fingerprint density at radius 3 is 2.43 bits per heavy atom. The molecule has 230 valence electrons. The van der Waals surface area contributed by atoms with Crippen molar-refractivity contribution >= 4 is 40.5 Å². The Morgan fingerprint density at radius 2 is 1.70 bits per heavy atom. The van der Waals surface area contributed by atoms with Crippen LogP contribution in [0.2, 0.25) is 0 Å². The lowest BCUT2D eigenvalue weighted by atomic mass is 9.96. The van der Waals surface area contributed by atoms with Crippen LogP contribution in [-0.4, -0.2) is 61.6 Å². The molecule has 1 fully saturated rings. The van der Waals surface area contributed by atoms with Crippen molar-refractivity contribution in [2.45, 2.75) is 63.6 Å². The second kappa shape index (κ2) is 12.8. The highest BCUT2D eigenvalue weighted by atomic mass is 32.2. The summed E-state index contributed by atoms with van der Waals surface area (Å²) in [4.78, 5) is 42.3. The second-order valence-corrected chi connectivity index (χ2v) is 13.2. The molecule has 44 heavy (non-hydrogen) atoms. The lowest BCUT2D eigenvalue weighted by molar-refractivity contribution is -0.147. The van der Waals surface area contributed by atoms with Gasteiger partial charge in [0.05, 0.1) is 18.5 Å². The number of hydrogen-bond donors (Lipinski definition) is 4. The van der Waals surface area contributed by atoms with E-state index in [1.54, 1.807) is 19.1 Å². The van der Waals surface area contributed by atoms with Crippen LogP contribution in [0.5, 0.6) is 5.75 Å². The first kappa shape index (κ1) is 31.2. The minimum atomic E-state index is -1.64. The van der Waals surface area contributed by atoms with Crippen molar-refractivity contribution in [3.05, 3.63) is 101 Å². The summed E-state index contributed by atoms with van der Waals surface area (Å²) in [7, 11) is 0. The first-order valence-electron chi connectivity index (χ1n) is 14.5. The normalized spacial score (nSPS) is 17.3. The summed E-state index contributed by atoms with van der Waals surface area (Å²) in [5.74, 6) is -0.748. The van der Waals surface area contributed by atoms with Crippen molar-refractivity contribution < 1.29 is 29.0 Å². The van der Waals surface area contributed by atoms with Crippen molar-refractivity contribution in [1.82, 2.24) is 15.5 Å². The molecule has 0 spiro atoms. The van der Waals surface area contributed by atoms with E-state index in [-0.39, 0.29) is 36.1 Å². The van der Waals surface area contributed by atoms with E-state index < -0.39 is 34.7 Å². The number of amides is 3. The SMILES string of the molecule is Cc1c(O)cccc1C(=O)NC(Cc1ccccc1)[C@H](O)C(=O)N1CSC(C)(C)[C@H]1C(=O)NCc1oc2ccccc2c1C. The van der Waals surface area contributed by atoms with Crippen LogP contribution in [0.25, 0.3) is 11.0 Å². The molecule has 0 bridgehead atoms. The summed E-state index contributed by atoms with van der Waals surface area (Å²) in [6, 6.07) is 19.6. The minimum absolute atomic E-state index is 0.0306. The summed E-state index contributed by atoms with van der Waals surface area (Å²) in [5, 5.41) is 28.4. The number of rotatable bonds is 9. The number of aromatic hydroxyl groups is 1. The number of para-hydroxylation sites is 1. The van der Waals surface area contributed by atoms with E-state index in [1.807, 2.05) is 75.4 Å². The number of aryl methyl sites for hydroxylation is 1. The third-order valence-corrected chi connectivity index (χ3v) is 9.62. The van der Waals surface area contributed by atoms with Crippen LogP contribution in [0.15, 0.2) is 77.2 Å². The molecule has 1 saturated heterocycles. The molecule has 3 atom stereocenters. The predicted molar refractivity (Wildman–Crippen MR) is 170 cm³/mol. The Labute approximate surface area is 260 Å². The third kappa shape index (κ3) is 6.32. The van der Waals surface area contributed by atoms with Crippen LogP contribution in [0, 0.1) is 13.8 Å². The highest BCUT2D eigenvalue weighted by molar-refractivity contribution is 8.00. The molecular formula is C34H37N3O6S. The number of carbonyl (C=O) groups excluding carboxylic acids is 3. The molecule has 5 rings (SSSR count). The molecule has 0 saturated carbocycles. The van der Waals surface area contributed by atoms with Crippen molar-refractivity contribution in [2.75, 3.05) is 5.88 Å². The summed E-state index contributed by atoms with van der Waals surface area (Å²) in [6.07, 6.45) is -1.47. The van der Waals surface area contributed by atoms with Crippen molar-refractivity contribution in [3.8, 4) is 5.75 Å². The zero-order chi connectivity index (χ0) is 31.6. The van der Waals surface area contributed by atoms with E-state index >= 15 is 0 Å². The van der Waals surface area contributed by atoms with Crippen LogP contribution in [0.4, 0.5) is 0 Å². The number of phenols is 1. The van der Waals surface area contributed by atoms with E-state index in [1.165, 1.54) is 22.7 Å². The smallest absolute Gasteiger partial charge is 0.254 e. The number of aliphatic hydroxyl groups excluding tert-OH is 1. The van der Waals surface area contributed by atoms with E-state index in [0.717, 1.165) is 22.1 Å². The fourth-order valence-corrected chi connectivity index (χ4v) is 6.78. The van der Waals surface area contributed by atoms with Gasteiger partial charge in [0.15, 0.2) is 6.10 Å². The number of hydrogen-bond acceptors (Lipinski definition) is 7. The molecule has 4 N–H and O–H groups in total. The Kier molecular flexibility index (Phi) is 9.03. The van der Waals surface area contributed by atoms with Crippen molar-refractivity contribution in [2.24, 2.45) is 0 Å². The van der Waals surface area contributed by atoms with E-state index in [4.69, 9.17) is 4.42 Å². The molecule has 4 aromatic rings. The highest BCUT2D eigenvalue weighted by Gasteiger charge is 2.49. The number of carbonyl (C=O) groups is 3. The zero-order valence-corrected chi connectivity index (χ0v) is 26.0. The second-order valence-electron chi connectivity index (χ2n) is 11.6. The van der Waals surface area contributed by atoms with Gasteiger partial charge in [-0.15, -0.1) is 11.8 Å². The monoisotopic (exact) mass is 615 g/mol. The van der Waals surface area contributed by atoms with Gasteiger partial charge in [0.25, 0.3) is 11.8 Å². The van der Waals surface area contributed by atoms with Gasteiger partial charge in [-0.1, -0.05) is 54.6 Å². The van der Waals surface area contributed by atoms with Crippen LogP contribution in [0.3, 0.4) is 0 Å². The van der Waals surface area contributed by atoms with E-state index in [9.17, 15) is 24.6 Å². The largest absolute Gasteiger partial charge is 0.508 e. The van der Waals surface area contributed by atoms with Crippen molar-refractivity contribution in [3.63, 3.8) is 0 Å². The van der Waals surface area contributed by atoms with Gasteiger partial charge >= 0.3 is 0 Å². The average Bonchev–Trinajstić information content (AvgIpc) is 3.51. The van der Waals surface area contributed by atoms with Gasteiger partial charge in [0, 0.05) is 26.8 Å². The lowest BCUT2D eigenvalue weighted by Gasteiger charge is -2.33. The number of aliphatic hydroxyl groups is 1.